The minimum absolute atomic E-state index is 0.0547. The highest BCUT2D eigenvalue weighted by Crippen LogP contribution is 2.32. The van der Waals surface area contributed by atoms with Gasteiger partial charge in [0.2, 0.25) is 0 Å². The van der Waals surface area contributed by atoms with Gasteiger partial charge in [-0.15, -0.1) is 0 Å². The predicted octanol–water partition coefficient (Wildman–Crippen LogP) is 2.45. The molecule has 3 atom stereocenters. The number of ketones is 1. The second-order valence-electron chi connectivity index (χ2n) is 6.32. The number of rotatable bonds is 4. The van der Waals surface area contributed by atoms with E-state index in [1.165, 1.54) is 12.8 Å². The van der Waals surface area contributed by atoms with E-state index in [4.69, 9.17) is 5.21 Å². The molecule has 1 N–H and O–H groups in total. The Bertz CT molecular complexity index is 332. The molecule has 0 bridgehead atoms. The van der Waals surface area contributed by atoms with E-state index in [1.807, 2.05) is 0 Å². The van der Waals surface area contributed by atoms with E-state index in [0.717, 1.165) is 31.8 Å². The Kier molecular flexibility index (Phi) is 6.22. The van der Waals surface area contributed by atoms with Gasteiger partial charge in [0.05, 0.1) is 6.54 Å². The van der Waals surface area contributed by atoms with Crippen molar-refractivity contribution in [1.29, 1.82) is 0 Å². The van der Waals surface area contributed by atoms with Crippen LogP contribution in [-0.2, 0) is 4.79 Å². The molecule has 1 aliphatic heterocycles. The molecule has 0 spiro atoms. The SMILES string of the molecule is CC1CCN(CC(=O)C2CCC(I)C(N([O-])O)C2)CC1. The average molecular weight is 395 g/mol. The lowest BCUT2D eigenvalue weighted by Gasteiger charge is -2.40. The van der Waals surface area contributed by atoms with E-state index < -0.39 is 6.04 Å². The van der Waals surface area contributed by atoms with E-state index >= 15 is 0 Å². The molecule has 0 aromatic rings. The van der Waals surface area contributed by atoms with Gasteiger partial charge in [0, 0.05) is 15.9 Å². The highest BCUT2D eigenvalue weighted by Gasteiger charge is 2.33. The molecule has 3 unspecified atom stereocenters. The van der Waals surface area contributed by atoms with Crippen LogP contribution in [0.2, 0.25) is 0 Å². The Balaban J connectivity index is 1.83. The maximum atomic E-state index is 12.4. The molecule has 1 aliphatic carbocycles. The van der Waals surface area contributed by atoms with Crippen LogP contribution in [0.4, 0.5) is 0 Å². The molecule has 1 saturated heterocycles. The highest BCUT2D eigenvalue weighted by atomic mass is 127. The van der Waals surface area contributed by atoms with Gasteiger partial charge in [-0.3, -0.25) is 14.9 Å². The molecule has 2 rings (SSSR count). The van der Waals surface area contributed by atoms with Crippen LogP contribution >= 0.6 is 22.6 Å². The first-order chi connectivity index (χ1) is 9.47. The summed E-state index contributed by atoms with van der Waals surface area (Å²) in [7, 11) is 0. The third kappa shape index (κ3) is 4.37. The standard InChI is InChI=1S/C14H24IN2O3/c1-10-4-6-16(7-5-10)9-14(18)11-2-3-12(15)13(8-11)17(19)20/h10-13,19H,2-9H2,1H3/q-1. The van der Waals surface area contributed by atoms with Gasteiger partial charge in [-0.2, -0.15) is 0 Å². The number of nitrogens with zero attached hydrogens (tertiary/aromatic N) is 2. The zero-order valence-electron chi connectivity index (χ0n) is 12.0. The van der Waals surface area contributed by atoms with Crippen molar-refractivity contribution in [1.82, 2.24) is 10.1 Å². The van der Waals surface area contributed by atoms with Crippen LogP contribution in [0.15, 0.2) is 0 Å². The fourth-order valence-electron chi connectivity index (χ4n) is 3.20. The summed E-state index contributed by atoms with van der Waals surface area (Å²) in [5.74, 6) is 0.951. The van der Waals surface area contributed by atoms with Gasteiger partial charge in [-0.25, -0.2) is 0 Å². The minimum atomic E-state index is -0.431. The van der Waals surface area contributed by atoms with Crippen molar-refractivity contribution in [2.45, 2.75) is 49.0 Å². The van der Waals surface area contributed by atoms with E-state index in [-0.39, 0.29) is 20.9 Å². The first-order valence-corrected chi connectivity index (χ1v) is 8.76. The number of hydrogen-bond acceptors (Lipinski definition) is 5. The number of hydrogen-bond donors (Lipinski definition) is 1. The topological polar surface area (TPSA) is 66.8 Å². The molecule has 1 saturated carbocycles. The fourth-order valence-corrected chi connectivity index (χ4v) is 4.13. The quantitative estimate of drug-likeness (QED) is 0.450. The zero-order valence-corrected chi connectivity index (χ0v) is 14.2. The molecule has 0 radical (unpaired) electrons. The summed E-state index contributed by atoms with van der Waals surface area (Å²) in [5.41, 5.74) is 0. The smallest absolute Gasteiger partial charge is 0.149 e. The summed E-state index contributed by atoms with van der Waals surface area (Å²) in [6.07, 6.45) is 4.51. The Labute approximate surface area is 134 Å². The summed E-state index contributed by atoms with van der Waals surface area (Å²) < 4.78 is 0.134. The molecule has 0 amide bonds. The Hall–Kier alpha value is 0.240. The molecular formula is C14H24IN2O3-. The summed E-state index contributed by atoms with van der Waals surface area (Å²) in [4.78, 5) is 14.6. The summed E-state index contributed by atoms with van der Waals surface area (Å²) in [5, 5.41) is 20.4. The monoisotopic (exact) mass is 395 g/mol. The van der Waals surface area contributed by atoms with Crippen LogP contribution in [0.25, 0.3) is 0 Å². The van der Waals surface area contributed by atoms with Crippen molar-refractivity contribution in [3.8, 4) is 0 Å². The van der Waals surface area contributed by atoms with Crippen molar-refractivity contribution < 1.29 is 10.0 Å². The lowest BCUT2D eigenvalue weighted by molar-refractivity contribution is -0.129. The molecule has 1 heterocycles. The van der Waals surface area contributed by atoms with Crippen molar-refractivity contribution >= 4 is 28.4 Å². The first kappa shape index (κ1) is 16.6. The second-order valence-corrected chi connectivity index (χ2v) is 7.92. The number of piperidine rings is 1. The van der Waals surface area contributed by atoms with E-state index in [9.17, 15) is 10.0 Å². The Morgan fingerprint density at radius 1 is 1.35 bits per heavy atom. The Morgan fingerprint density at radius 3 is 2.60 bits per heavy atom. The largest absolute Gasteiger partial charge is 0.762 e. The highest BCUT2D eigenvalue weighted by molar-refractivity contribution is 14.1. The van der Waals surface area contributed by atoms with Gasteiger partial charge < -0.3 is 10.4 Å². The van der Waals surface area contributed by atoms with Crippen LogP contribution in [0.1, 0.15) is 39.0 Å². The maximum absolute atomic E-state index is 12.4. The zero-order chi connectivity index (χ0) is 14.7. The van der Waals surface area contributed by atoms with Gasteiger partial charge in [0.15, 0.2) is 0 Å². The van der Waals surface area contributed by atoms with E-state index in [1.54, 1.807) is 0 Å². The third-order valence-electron chi connectivity index (χ3n) is 4.73. The molecule has 2 fully saturated rings. The Morgan fingerprint density at radius 2 is 2.00 bits per heavy atom. The number of alkyl halides is 1. The fraction of sp³-hybridized carbons (Fsp3) is 0.929. The van der Waals surface area contributed by atoms with E-state index in [2.05, 4.69) is 34.4 Å². The molecular weight excluding hydrogens is 371 g/mol. The van der Waals surface area contributed by atoms with Crippen LogP contribution in [-0.4, -0.2) is 50.7 Å². The normalized spacial score (nSPS) is 33.5. The van der Waals surface area contributed by atoms with Crippen LogP contribution in [0.5, 0.6) is 0 Å². The molecule has 116 valence electrons. The van der Waals surface area contributed by atoms with Crippen molar-refractivity contribution in [3.63, 3.8) is 0 Å². The third-order valence-corrected chi connectivity index (χ3v) is 6.18. The van der Waals surface area contributed by atoms with Gasteiger partial charge in [0.25, 0.3) is 0 Å². The average Bonchev–Trinajstić information content (AvgIpc) is 2.41. The molecule has 0 aromatic heterocycles. The number of carbonyl (C=O) groups excluding carboxylic acids is 1. The molecule has 2 aliphatic rings. The molecule has 6 heteroatoms. The maximum Gasteiger partial charge on any atom is 0.149 e. The summed E-state index contributed by atoms with van der Waals surface area (Å²) >= 11 is 2.20. The number of likely N-dealkylation sites (tertiary alicyclic amines) is 1. The minimum Gasteiger partial charge on any atom is -0.762 e. The van der Waals surface area contributed by atoms with Crippen molar-refractivity contribution in [2.75, 3.05) is 19.6 Å². The molecule has 5 nitrogen and oxygen atoms in total. The number of halogens is 1. The molecule has 0 aromatic carbocycles. The van der Waals surface area contributed by atoms with E-state index in [0.29, 0.717) is 13.0 Å². The number of Topliss-reactive ketones (excluding diaryl/α,β-unsaturated/α-hetero) is 1. The van der Waals surface area contributed by atoms with Gasteiger partial charge in [-0.1, -0.05) is 29.5 Å². The van der Waals surface area contributed by atoms with Gasteiger partial charge in [0.1, 0.15) is 5.78 Å². The predicted molar refractivity (Wildman–Crippen MR) is 85.8 cm³/mol. The number of hydroxylamine groups is 2. The second kappa shape index (κ2) is 7.49. The van der Waals surface area contributed by atoms with Crippen molar-refractivity contribution in [2.24, 2.45) is 11.8 Å². The lowest BCUT2D eigenvalue weighted by Crippen LogP contribution is -2.45. The van der Waals surface area contributed by atoms with Crippen LogP contribution < -0.4 is 0 Å². The summed E-state index contributed by atoms with van der Waals surface area (Å²) in [6.45, 7) is 4.78. The van der Waals surface area contributed by atoms with Gasteiger partial charge in [-0.05, 0) is 51.1 Å². The van der Waals surface area contributed by atoms with Gasteiger partial charge >= 0.3 is 0 Å². The van der Waals surface area contributed by atoms with Crippen LogP contribution in [0.3, 0.4) is 0 Å². The molecule has 20 heavy (non-hydrogen) atoms. The summed E-state index contributed by atoms with van der Waals surface area (Å²) in [6, 6.07) is -0.431. The number of carbonyl (C=O) groups is 1. The van der Waals surface area contributed by atoms with Crippen LogP contribution in [0, 0.1) is 17.0 Å². The first-order valence-electron chi connectivity index (χ1n) is 7.51. The van der Waals surface area contributed by atoms with Crippen molar-refractivity contribution in [3.05, 3.63) is 5.21 Å². The lowest BCUT2D eigenvalue weighted by atomic mass is 9.83.